The monoisotopic (exact) mass is 266 g/mol. The third kappa shape index (κ3) is 5.28. The first-order valence-corrected chi connectivity index (χ1v) is 6.17. The number of methoxy groups -OCH3 is 1. The molecule has 106 valence electrons. The maximum atomic E-state index is 11.7. The van der Waals surface area contributed by atoms with E-state index in [2.05, 4.69) is 10.6 Å². The van der Waals surface area contributed by atoms with Crippen LogP contribution in [0.3, 0.4) is 0 Å². The summed E-state index contributed by atoms with van der Waals surface area (Å²) in [5.41, 5.74) is 1.94. The number of rotatable bonds is 5. The Morgan fingerprint density at radius 2 is 2.05 bits per heavy atom. The molecule has 1 atom stereocenters. The van der Waals surface area contributed by atoms with Crippen LogP contribution in [-0.4, -0.2) is 37.0 Å². The van der Waals surface area contributed by atoms with Gasteiger partial charge in [-0.2, -0.15) is 0 Å². The van der Waals surface area contributed by atoms with E-state index in [1.165, 1.54) is 12.7 Å². The first-order valence-electron chi connectivity index (χ1n) is 6.17. The number of amides is 2. The number of hydrogen-bond acceptors (Lipinski definition) is 3. The van der Waals surface area contributed by atoms with Crippen molar-refractivity contribution in [1.29, 1.82) is 0 Å². The van der Waals surface area contributed by atoms with Gasteiger partial charge in [0.25, 0.3) is 0 Å². The lowest BCUT2D eigenvalue weighted by Gasteiger charge is -2.22. The Hall–Kier alpha value is -1.59. The number of nitrogens with one attached hydrogen (secondary N) is 2. The molecule has 0 spiro atoms. The van der Waals surface area contributed by atoms with Gasteiger partial charge in [0.05, 0.1) is 13.2 Å². The van der Waals surface area contributed by atoms with Gasteiger partial charge in [-0.1, -0.05) is 6.07 Å². The van der Waals surface area contributed by atoms with Crippen molar-refractivity contribution in [3.05, 3.63) is 29.3 Å². The molecule has 0 fully saturated rings. The lowest BCUT2D eigenvalue weighted by atomic mass is 10.1. The van der Waals surface area contributed by atoms with E-state index in [1.54, 1.807) is 6.92 Å². The second-order valence-electron chi connectivity index (χ2n) is 5.04. The normalized spacial score (nSPS) is 13.7. The van der Waals surface area contributed by atoms with Crippen LogP contribution in [0.1, 0.15) is 18.1 Å². The summed E-state index contributed by atoms with van der Waals surface area (Å²) in [6, 6.07) is 5.35. The molecule has 0 saturated heterocycles. The van der Waals surface area contributed by atoms with Crippen molar-refractivity contribution in [1.82, 2.24) is 5.32 Å². The van der Waals surface area contributed by atoms with Gasteiger partial charge >= 0.3 is 6.03 Å². The van der Waals surface area contributed by atoms with Crippen molar-refractivity contribution in [3.63, 3.8) is 0 Å². The predicted molar refractivity (Wildman–Crippen MR) is 75.4 cm³/mol. The largest absolute Gasteiger partial charge is 0.386 e. The van der Waals surface area contributed by atoms with Crippen LogP contribution in [-0.2, 0) is 4.74 Å². The van der Waals surface area contributed by atoms with Gasteiger partial charge in [0, 0.05) is 12.8 Å². The van der Waals surface area contributed by atoms with Gasteiger partial charge in [-0.25, -0.2) is 4.79 Å². The average molecular weight is 266 g/mol. The Morgan fingerprint density at radius 3 is 2.63 bits per heavy atom. The van der Waals surface area contributed by atoms with Gasteiger partial charge in [-0.3, -0.25) is 0 Å². The molecule has 19 heavy (non-hydrogen) atoms. The Morgan fingerprint density at radius 1 is 1.37 bits per heavy atom. The Bertz CT molecular complexity index is 444. The maximum Gasteiger partial charge on any atom is 0.319 e. The molecule has 0 saturated carbocycles. The Balaban J connectivity index is 2.49. The molecular weight excluding hydrogens is 244 g/mol. The van der Waals surface area contributed by atoms with Crippen LogP contribution in [0.2, 0.25) is 0 Å². The van der Waals surface area contributed by atoms with E-state index in [0.29, 0.717) is 0 Å². The minimum Gasteiger partial charge on any atom is -0.386 e. The summed E-state index contributed by atoms with van der Waals surface area (Å²) in [6.07, 6.45) is 0. The molecule has 0 unspecified atom stereocenters. The second kappa shape index (κ2) is 6.54. The number of hydrogen-bond donors (Lipinski definition) is 3. The lowest BCUT2D eigenvalue weighted by Crippen LogP contribution is -2.45. The van der Waals surface area contributed by atoms with Crippen LogP contribution in [0.4, 0.5) is 10.5 Å². The highest BCUT2D eigenvalue weighted by Gasteiger charge is 2.20. The molecule has 5 heteroatoms. The minimum atomic E-state index is -1.07. The van der Waals surface area contributed by atoms with Crippen LogP contribution >= 0.6 is 0 Å². The van der Waals surface area contributed by atoms with Crippen LogP contribution in [0, 0.1) is 13.8 Å². The third-order valence-corrected chi connectivity index (χ3v) is 2.85. The van der Waals surface area contributed by atoms with Crippen molar-refractivity contribution in [2.75, 3.05) is 25.6 Å². The van der Waals surface area contributed by atoms with Gasteiger partial charge in [-0.15, -0.1) is 0 Å². The van der Waals surface area contributed by atoms with E-state index in [9.17, 15) is 9.90 Å². The summed E-state index contributed by atoms with van der Waals surface area (Å²) in [6.45, 7) is 5.89. The highest BCUT2D eigenvalue weighted by atomic mass is 16.5. The first kappa shape index (κ1) is 15.5. The lowest BCUT2D eigenvalue weighted by molar-refractivity contribution is -0.0133. The summed E-state index contributed by atoms with van der Waals surface area (Å²) in [7, 11) is 1.50. The number of carbonyl (C=O) groups excluding carboxylic acids is 1. The molecule has 0 aliphatic heterocycles. The molecule has 0 heterocycles. The van der Waals surface area contributed by atoms with E-state index < -0.39 is 5.60 Å². The number of ether oxygens (including phenoxy) is 1. The summed E-state index contributed by atoms with van der Waals surface area (Å²) in [5.74, 6) is 0. The zero-order valence-corrected chi connectivity index (χ0v) is 11.9. The molecule has 0 bridgehead atoms. The highest BCUT2D eigenvalue weighted by molar-refractivity contribution is 5.89. The van der Waals surface area contributed by atoms with E-state index in [1.807, 2.05) is 32.0 Å². The van der Waals surface area contributed by atoms with Gasteiger partial charge in [0.1, 0.15) is 5.60 Å². The van der Waals surface area contributed by atoms with Crippen LogP contribution in [0.15, 0.2) is 18.2 Å². The zero-order chi connectivity index (χ0) is 14.5. The SMILES string of the molecule is COC[C@@](C)(O)CNC(=O)Nc1ccc(C)c(C)c1. The number of aliphatic hydroxyl groups is 1. The number of carbonyl (C=O) groups is 1. The summed E-state index contributed by atoms with van der Waals surface area (Å²) in [4.78, 5) is 11.7. The molecule has 0 radical (unpaired) electrons. The van der Waals surface area contributed by atoms with E-state index >= 15 is 0 Å². The Kier molecular flexibility index (Phi) is 5.32. The zero-order valence-electron chi connectivity index (χ0n) is 11.9. The molecule has 1 rings (SSSR count). The quantitative estimate of drug-likeness (QED) is 0.761. The van der Waals surface area contributed by atoms with Crippen molar-refractivity contribution >= 4 is 11.7 Å². The van der Waals surface area contributed by atoms with Crippen LogP contribution < -0.4 is 10.6 Å². The number of benzene rings is 1. The van der Waals surface area contributed by atoms with Crippen LogP contribution in [0.25, 0.3) is 0 Å². The molecule has 5 nitrogen and oxygen atoms in total. The number of aryl methyl sites for hydroxylation is 2. The fourth-order valence-electron chi connectivity index (χ4n) is 1.63. The van der Waals surface area contributed by atoms with Crippen molar-refractivity contribution in [2.24, 2.45) is 0 Å². The van der Waals surface area contributed by atoms with E-state index in [-0.39, 0.29) is 19.2 Å². The van der Waals surface area contributed by atoms with Crippen LogP contribution in [0.5, 0.6) is 0 Å². The fourth-order valence-corrected chi connectivity index (χ4v) is 1.63. The standard InChI is InChI=1S/C14H22N2O3/c1-10-5-6-12(7-11(10)2)16-13(17)15-8-14(3,18)9-19-4/h5-7,18H,8-9H2,1-4H3,(H2,15,16,17)/t14-/m0/s1. The number of anilines is 1. The molecule has 0 aliphatic carbocycles. The van der Waals surface area contributed by atoms with Gasteiger partial charge in [0.2, 0.25) is 0 Å². The topological polar surface area (TPSA) is 70.6 Å². The highest BCUT2D eigenvalue weighted by Crippen LogP contribution is 2.13. The summed E-state index contributed by atoms with van der Waals surface area (Å²) < 4.78 is 4.86. The molecule has 0 aromatic heterocycles. The number of urea groups is 1. The molecular formula is C14H22N2O3. The third-order valence-electron chi connectivity index (χ3n) is 2.85. The van der Waals surface area contributed by atoms with Crippen molar-refractivity contribution in [2.45, 2.75) is 26.4 Å². The van der Waals surface area contributed by atoms with Gasteiger partial charge < -0.3 is 20.5 Å². The smallest absolute Gasteiger partial charge is 0.319 e. The molecule has 3 N–H and O–H groups in total. The van der Waals surface area contributed by atoms with E-state index in [4.69, 9.17) is 4.74 Å². The fraction of sp³-hybridized carbons (Fsp3) is 0.500. The van der Waals surface area contributed by atoms with Gasteiger partial charge in [-0.05, 0) is 44.0 Å². The molecule has 2 amide bonds. The van der Waals surface area contributed by atoms with E-state index in [0.717, 1.165) is 11.3 Å². The van der Waals surface area contributed by atoms with Crippen molar-refractivity contribution < 1.29 is 14.6 Å². The predicted octanol–water partition coefficient (Wildman–Crippen LogP) is 1.82. The molecule has 1 aromatic rings. The Labute approximate surface area is 114 Å². The second-order valence-corrected chi connectivity index (χ2v) is 5.04. The maximum absolute atomic E-state index is 11.7. The first-order chi connectivity index (χ1) is 8.84. The average Bonchev–Trinajstić information content (AvgIpc) is 2.32. The van der Waals surface area contributed by atoms with Gasteiger partial charge in [0.15, 0.2) is 0 Å². The summed E-state index contributed by atoms with van der Waals surface area (Å²) in [5, 5.41) is 15.2. The summed E-state index contributed by atoms with van der Waals surface area (Å²) >= 11 is 0. The van der Waals surface area contributed by atoms with Crippen molar-refractivity contribution in [3.8, 4) is 0 Å². The minimum absolute atomic E-state index is 0.123. The molecule has 1 aromatic carbocycles. The molecule has 0 aliphatic rings.